The van der Waals surface area contributed by atoms with Gasteiger partial charge in [0, 0.05) is 12.3 Å². The van der Waals surface area contributed by atoms with Crippen LogP contribution in [0.3, 0.4) is 0 Å². The van der Waals surface area contributed by atoms with Crippen molar-refractivity contribution in [2.45, 2.75) is 11.4 Å². The van der Waals surface area contributed by atoms with Crippen LogP contribution in [0.4, 0.5) is 0 Å². The number of hydrogen-bond donors (Lipinski definition) is 0. The molecular formula is C12H11BrN4O2. The van der Waals surface area contributed by atoms with Crippen LogP contribution in [-0.2, 0) is 11.3 Å². The van der Waals surface area contributed by atoms with E-state index >= 15 is 0 Å². The van der Waals surface area contributed by atoms with E-state index in [9.17, 15) is 4.79 Å². The Morgan fingerprint density at radius 3 is 3.11 bits per heavy atom. The van der Waals surface area contributed by atoms with Crippen molar-refractivity contribution in [1.82, 2.24) is 19.5 Å². The molecular weight excluding hydrogens is 312 g/mol. The summed E-state index contributed by atoms with van der Waals surface area (Å²) < 4.78 is 7.05. The van der Waals surface area contributed by atoms with Gasteiger partial charge in [0.05, 0.1) is 36.0 Å². The maximum Gasteiger partial charge on any atom is 0.254 e. The Kier molecular flexibility index (Phi) is 3.39. The number of nitrogens with zero attached hydrogens (tertiary/aromatic N) is 4. The second kappa shape index (κ2) is 5.18. The average molecular weight is 323 g/mol. The van der Waals surface area contributed by atoms with Crippen molar-refractivity contribution in [3.8, 4) is 11.4 Å². The van der Waals surface area contributed by atoms with Crippen LogP contribution in [0.1, 0.15) is 10.7 Å². The molecule has 1 unspecified atom stereocenters. The summed E-state index contributed by atoms with van der Waals surface area (Å²) in [6.45, 7) is 1.54. The quantitative estimate of drug-likeness (QED) is 0.737. The molecule has 0 saturated carbocycles. The Morgan fingerprint density at radius 1 is 1.42 bits per heavy atom. The highest BCUT2D eigenvalue weighted by atomic mass is 79.9. The summed E-state index contributed by atoms with van der Waals surface area (Å²) in [6.07, 6.45) is 3.07. The molecule has 0 amide bonds. The zero-order valence-corrected chi connectivity index (χ0v) is 11.6. The summed E-state index contributed by atoms with van der Waals surface area (Å²) >= 11 is 3.50. The molecule has 0 radical (unpaired) electrons. The molecule has 6 nitrogen and oxygen atoms in total. The molecule has 0 saturated heterocycles. The molecule has 0 spiro atoms. The van der Waals surface area contributed by atoms with Gasteiger partial charge in [-0.25, -0.2) is 15.0 Å². The lowest BCUT2D eigenvalue weighted by atomic mass is 10.2. The highest BCUT2D eigenvalue weighted by Gasteiger charge is 2.20. The van der Waals surface area contributed by atoms with Gasteiger partial charge in [-0.2, -0.15) is 0 Å². The van der Waals surface area contributed by atoms with Gasteiger partial charge in [-0.15, -0.1) is 0 Å². The smallest absolute Gasteiger partial charge is 0.254 e. The van der Waals surface area contributed by atoms with Crippen LogP contribution in [0.15, 0.2) is 29.5 Å². The molecule has 0 aliphatic carbocycles. The van der Waals surface area contributed by atoms with Gasteiger partial charge in [-0.05, 0) is 6.07 Å². The summed E-state index contributed by atoms with van der Waals surface area (Å²) in [5.41, 5.74) is 1.11. The highest BCUT2D eigenvalue weighted by molar-refractivity contribution is 9.09. The Bertz CT molecular complexity index is 644. The van der Waals surface area contributed by atoms with Crippen molar-refractivity contribution in [2.75, 3.05) is 13.2 Å². The van der Waals surface area contributed by atoms with Crippen molar-refractivity contribution in [3.63, 3.8) is 0 Å². The number of aromatic nitrogens is 4. The molecule has 19 heavy (non-hydrogen) atoms. The molecule has 0 fully saturated rings. The van der Waals surface area contributed by atoms with Gasteiger partial charge in [-0.3, -0.25) is 9.36 Å². The summed E-state index contributed by atoms with van der Waals surface area (Å²) in [7, 11) is 0. The molecule has 3 heterocycles. The predicted octanol–water partition coefficient (Wildman–Crippen LogP) is 1.17. The second-order valence-electron chi connectivity index (χ2n) is 4.13. The first-order chi connectivity index (χ1) is 9.25. The molecule has 1 atom stereocenters. The van der Waals surface area contributed by atoms with Crippen molar-refractivity contribution in [3.05, 3.63) is 40.8 Å². The number of rotatable bonds is 1. The lowest BCUT2D eigenvalue weighted by Gasteiger charge is -2.12. The van der Waals surface area contributed by atoms with E-state index in [4.69, 9.17) is 4.74 Å². The lowest BCUT2D eigenvalue weighted by molar-refractivity contribution is 0.139. The Labute approximate surface area is 117 Å². The molecule has 2 aromatic heterocycles. The molecule has 3 rings (SSSR count). The van der Waals surface area contributed by atoms with Gasteiger partial charge in [0.25, 0.3) is 5.56 Å². The molecule has 0 N–H and O–H groups in total. The van der Waals surface area contributed by atoms with E-state index in [0.717, 1.165) is 0 Å². The monoisotopic (exact) mass is 322 g/mol. The Hall–Kier alpha value is -1.60. The molecule has 1 aliphatic heterocycles. The van der Waals surface area contributed by atoms with Gasteiger partial charge >= 0.3 is 0 Å². The van der Waals surface area contributed by atoms with E-state index in [-0.39, 0.29) is 10.4 Å². The maximum absolute atomic E-state index is 12.2. The Balaban J connectivity index is 2.15. The first-order valence-corrected chi connectivity index (χ1v) is 6.77. The fourth-order valence-electron chi connectivity index (χ4n) is 1.98. The molecule has 0 bridgehead atoms. The van der Waals surface area contributed by atoms with Crippen LogP contribution in [-0.4, -0.2) is 32.7 Å². The van der Waals surface area contributed by atoms with Crippen molar-refractivity contribution in [1.29, 1.82) is 0 Å². The van der Waals surface area contributed by atoms with Crippen LogP contribution in [0.2, 0.25) is 0 Å². The zero-order valence-electron chi connectivity index (χ0n) is 9.99. The van der Waals surface area contributed by atoms with E-state index in [0.29, 0.717) is 37.0 Å². The zero-order chi connectivity index (χ0) is 13.2. The van der Waals surface area contributed by atoms with Gasteiger partial charge in [0.2, 0.25) is 0 Å². The van der Waals surface area contributed by atoms with Gasteiger partial charge in [-0.1, -0.05) is 15.9 Å². The average Bonchev–Trinajstić information content (AvgIpc) is 2.63. The minimum Gasteiger partial charge on any atom is -0.378 e. The number of fused-ring (bicyclic) bond motifs is 1. The molecule has 98 valence electrons. The minimum atomic E-state index is -0.0931. The third-order valence-electron chi connectivity index (χ3n) is 2.89. The van der Waals surface area contributed by atoms with Crippen LogP contribution >= 0.6 is 15.9 Å². The fraction of sp³-hybridized carbons (Fsp3) is 0.333. The Morgan fingerprint density at radius 2 is 2.32 bits per heavy atom. The summed E-state index contributed by atoms with van der Waals surface area (Å²) in [5, 5.41) is 0. The lowest BCUT2D eigenvalue weighted by Crippen LogP contribution is -2.25. The third-order valence-corrected chi connectivity index (χ3v) is 3.56. The third kappa shape index (κ3) is 2.43. The first kappa shape index (κ1) is 12.4. The topological polar surface area (TPSA) is 69.9 Å². The predicted molar refractivity (Wildman–Crippen MR) is 72.0 cm³/mol. The van der Waals surface area contributed by atoms with Crippen molar-refractivity contribution < 1.29 is 4.74 Å². The van der Waals surface area contributed by atoms with Crippen LogP contribution in [0, 0.1) is 0 Å². The number of halogens is 1. The standard InChI is InChI=1S/C12H11BrN4O2/c13-8-6-19-4-3-17-11(18)5-10(16-12(8)17)9-1-2-14-7-15-9/h1-2,5,7-8H,3-4,6H2. The molecule has 1 aliphatic rings. The van der Waals surface area contributed by atoms with Crippen LogP contribution in [0.25, 0.3) is 11.4 Å². The molecule has 2 aromatic rings. The van der Waals surface area contributed by atoms with E-state index in [2.05, 4.69) is 30.9 Å². The first-order valence-electron chi connectivity index (χ1n) is 5.85. The highest BCUT2D eigenvalue weighted by Crippen LogP contribution is 2.24. The largest absolute Gasteiger partial charge is 0.378 e. The van der Waals surface area contributed by atoms with Crippen LogP contribution < -0.4 is 5.56 Å². The number of alkyl halides is 1. The summed E-state index contributed by atoms with van der Waals surface area (Å²) in [4.78, 5) is 24.6. The SMILES string of the molecule is O=c1cc(-c2ccncn2)nc2n1CCOCC2Br. The molecule has 7 heteroatoms. The van der Waals surface area contributed by atoms with Gasteiger partial charge < -0.3 is 4.74 Å². The number of hydrogen-bond acceptors (Lipinski definition) is 5. The molecule has 0 aromatic carbocycles. The maximum atomic E-state index is 12.2. The van der Waals surface area contributed by atoms with E-state index in [1.165, 1.54) is 12.4 Å². The fourth-order valence-corrected chi connectivity index (χ4v) is 2.51. The van der Waals surface area contributed by atoms with Crippen molar-refractivity contribution in [2.24, 2.45) is 0 Å². The van der Waals surface area contributed by atoms with E-state index in [1.54, 1.807) is 16.8 Å². The second-order valence-corrected chi connectivity index (χ2v) is 5.23. The van der Waals surface area contributed by atoms with Crippen molar-refractivity contribution >= 4 is 15.9 Å². The van der Waals surface area contributed by atoms with Crippen LogP contribution in [0.5, 0.6) is 0 Å². The van der Waals surface area contributed by atoms with Gasteiger partial charge in [0.1, 0.15) is 12.2 Å². The van der Waals surface area contributed by atoms with E-state index in [1.807, 2.05) is 0 Å². The number of ether oxygens (including phenoxy) is 1. The summed E-state index contributed by atoms with van der Waals surface area (Å²) in [6, 6.07) is 3.23. The normalized spacial score (nSPS) is 18.7. The minimum absolute atomic E-state index is 0.0893. The summed E-state index contributed by atoms with van der Waals surface area (Å²) in [5.74, 6) is 0.679. The van der Waals surface area contributed by atoms with Gasteiger partial charge in [0.15, 0.2) is 0 Å². The van der Waals surface area contributed by atoms with E-state index < -0.39 is 0 Å².